The van der Waals surface area contributed by atoms with Crippen LogP contribution in [0.2, 0.25) is 0 Å². The SMILES string of the molecule is O=COc1ccc(-c2ccc(F)cc2)s1. The molecule has 0 saturated heterocycles. The lowest BCUT2D eigenvalue weighted by molar-refractivity contribution is -0.120. The third-order valence-corrected chi connectivity index (χ3v) is 2.90. The fourth-order valence-corrected chi connectivity index (χ4v) is 2.03. The molecule has 4 heteroatoms. The minimum absolute atomic E-state index is 0.264. The molecule has 0 aliphatic carbocycles. The highest BCUT2D eigenvalue weighted by Gasteiger charge is 2.03. The average Bonchev–Trinajstić information content (AvgIpc) is 2.68. The zero-order valence-corrected chi connectivity index (χ0v) is 8.46. The van der Waals surface area contributed by atoms with E-state index in [1.807, 2.05) is 6.07 Å². The Morgan fingerprint density at radius 2 is 1.87 bits per heavy atom. The number of hydrogen-bond donors (Lipinski definition) is 0. The third kappa shape index (κ3) is 2.22. The van der Waals surface area contributed by atoms with Crippen molar-refractivity contribution in [2.45, 2.75) is 0 Å². The maximum absolute atomic E-state index is 12.7. The normalized spacial score (nSPS) is 9.93. The molecule has 0 spiro atoms. The lowest BCUT2D eigenvalue weighted by Crippen LogP contribution is -1.82. The Morgan fingerprint density at radius 3 is 2.53 bits per heavy atom. The first-order valence-electron chi connectivity index (χ1n) is 4.25. The lowest BCUT2D eigenvalue weighted by atomic mass is 10.2. The van der Waals surface area contributed by atoms with Crippen LogP contribution >= 0.6 is 11.3 Å². The van der Waals surface area contributed by atoms with Gasteiger partial charge in [-0.25, -0.2) is 4.39 Å². The van der Waals surface area contributed by atoms with E-state index < -0.39 is 0 Å². The number of hydrogen-bond acceptors (Lipinski definition) is 3. The molecule has 15 heavy (non-hydrogen) atoms. The van der Waals surface area contributed by atoms with E-state index in [4.69, 9.17) is 4.74 Å². The first-order valence-corrected chi connectivity index (χ1v) is 5.07. The fourth-order valence-electron chi connectivity index (χ4n) is 1.20. The molecule has 1 aromatic carbocycles. The highest BCUT2D eigenvalue weighted by Crippen LogP contribution is 2.32. The van der Waals surface area contributed by atoms with Crippen LogP contribution in [0.25, 0.3) is 10.4 Å². The summed E-state index contributed by atoms with van der Waals surface area (Å²) in [6.07, 6.45) is 0. The van der Waals surface area contributed by atoms with Crippen LogP contribution in [0.3, 0.4) is 0 Å². The van der Waals surface area contributed by atoms with Crippen LogP contribution in [0.1, 0.15) is 0 Å². The predicted molar refractivity (Wildman–Crippen MR) is 56.4 cm³/mol. The molecule has 0 radical (unpaired) electrons. The summed E-state index contributed by atoms with van der Waals surface area (Å²) >= 11 is 1.34. The molecule has 2 nitrogen and oxygen atoms in total. The van der Waals surface area contributed by atoms with E-state index in [1.54, 1.807) is 18.2 Å². The molecule has 0 N–H and O–H groups in total. The lowest BCUT2D eigenvalue weighted by Gasteiger charge is -1.95. The largest absolute Gasteiger partial charge is 0.418 e. The summed E-state index contributed by atoms with van der Waals surface area (Å²) in [5.41, 5.74) is 0.905. The number of thiophene rings is 1. The van der Waals surface area contributed by atoms with Crippen LogP contribution in [0, 0.1) is 5.82 Å². The van der Waals surface area contributed by atoms with Gasteiger partial charge in [-0.15, -0.1) is 0 Å². The smallest absolute Gasteiger partial charge is 0.299 e. The van der Waals surface area contributed by atoms with Crippen LogP contribution in [0.15, 0.2) is 36.4 Å². The predicted octanol–water partition coefficient (Wildman–Crippen LogP) is 3.09. The van der Waals surface area contributed by atoms with Gasteiger partial charge in [0.1, 0.15) is 5.82 Å². The number of carbonyl (C=O) groups excluding carboxylic acids is 1. The van der Waals surface area contributed by atoms with Crippen molar-refractivity contribution in [2.75, 3.05) is 0 Å². The van der Waals surface area contributed by atoms with Crippen molar-refractivity contribution < 1.29 is 13.9 Å². The van der Waals surface area contributed by atoms with Crippen LogP contribution in [0.5, 0.6) is 5.06 Å². The van der Waals surface area contributed by atoms with Crippen LogP contribution in [0.4, 0.5) is 4.39 Å². The highest BCUT2D eigenvalue weighted by atomic mass is 32.1. The zero-order valence-electron chi connectivity index (χ0n) is 7.64. The Balaban J connectivity index is 2.28. The molecule has 2 rings (SSSR count). The van der Waals surface area contributed by atoms with Crippen molar-refractivity contribution in [3.8, 4) is 15.5 Å². The van der Waals surface area contributed by atoms with Crippen LogP contribution < -0.4 is 4.74 Å². The molecule has 0 aliphatic heterocycles. The Kier molecular flexibility index (Phi) is 2.78. The second-order valence-electron chi connectivity index (χ2n) is 2.84. The van der Waals surface area contributed by atoms with Crippen molar-refractivity contribution >= 4 is 17.8 Å². The van der Waals surface area contributed by atoms with Gasteiger partial charge in [0, 0.05) is 4.88 Å². The van der Waals surface area contributed by atoms with E-state index in [9.17, 15) is 9.18 Å². The second kappa shape index (κ2) is 4.23. The van der Waals surface area contributed by atoms with E-state index in [-0.39, 0.29) is 5.82 Å². The van der Waals surface area contributed by atoms with Crippen molar-refractivity contribution in [2.24, 2.45) is 0 Å². The van der Waals surface area contributed by atoms with Gasteiger partial charge in [-0.3, -0.25) is 4.79 Å². The molecule has 76 valence electrons. The standard InChI is InChI=1S/C11H7FO2S/c12-9-3-1-8(2-4-9)10-5-6-11(15-10)14-7-13/h1-7H. The van der Waals surface area contributed by atoms with E-state index in [2.05, 4.69) is 0 Å². The molecule has 0 aliphatic rings. The molecule has 0 unspecified atom stereocenters. The van der Waals surface area contributed by atoms with Crippen molar-refractivity contribution in [3.63, 3.8) is 0 Å². The molecule has 2 aromatic rings. The summed E-state index contributed by atoms with van der Waals surface area (Å²) < 4.78 is 17.4. The molecule has 0 amide bonds. The molecule has 0 atom stereocenters. The monoisotopic (exact) mass is 222 g/mol. The van der Waals surface area contributed by atoms with E-state index in [0.29, 0.717) is 11.5 Å². The average molecular weight is 222 g/mol. The zero-order chi connectivity index (χ0) is 10.7. The van der Waals surface area contributed by atoms with E-state index in [1.165, 1.54) is 23.5 Å². The van der Waals surface area contributed by atoms with Crippen molar-refractivity contribution in [1.82, 2.24) is 0 Å². The number of rotatable bonds is 3. The first-order chi connectivity index (χ1) is 7.29. The quantitative estimate of drug-likeness (QED) is 0.746. The van der Waals surface area contributed by atoms with Gasteiger partial charge >= 0.3 is 0 Å². The molecule has 1 aromatic heterocycles. The fraction of sp³-hybridized carbons (Fsp3) is 0. The molecular weight excluding hydrogens is 215 g/mol. The molecule has 0 saturated carbocycles. The summed E-state index contributed by atoms with van der Waals surface area (Å²) in [4.78, 5) is 11.0. The van der Waals surface area contributed by atoms with Gasteiger partial charge in [0.05, 0.1) is 0 Å². The minimum Gasteiger partial charge on any atom is -0.418 e. The van der Waals surface area contributed by atoms with Gasteiger partial charge in [0.15, 0.2) is 5.06 Å². The van der Waals surface area contributed by atoms with Gasteiger partial charge in [0.2, 0.25) is 0 Å². The third-order valence-electron chi connectivity index (χ3n) is 1.87. The van der Waals surface area contributed by atoms with E-state index >= 15 is 0 Å². The summed E-state index contributed by atoms with van der Waals surface area (Å²) in [6.45, 7) is 0.389. The summed E-state index contributed by atoms with van der Waals surface area (Å²) in [5.74, 6) is -0.264. The van der Waals surface area contributed by atoms with Gasteiger partial charge in [-0.05, 0) is 29.8 Å². The first kappa shape index (κ1) is 9.86. The molecule has 0 bridgehead atoms. The number of carbonyl (C=O) groups is 1. The maximum atomic E-state index is 12.7. The second-order valence-corrected chi connectivity index (χ2v) is 3.89. The van der Waals surface area contributed by atoms with Gasteiger partial charge in [0.25, 0.3) is 6.47 Å². The van der Waals surface area contributed by atoms with E-state index in [0.717, 1.165) is 10.4 Å². The number of halogens is 1. The van der Waals surface area contributed by atoms with Crippen molar-refractivity contribution in [1.29, 1.82) is 0 Å². The highest BCUT2D eigenvalue weighted by molar-refractivity contribution is 7.17. The summed E-state index contributed by atoms with van der Waals surface area (Å²) in [5, 5.41) is 0.532. The maximum Gasteiger partial charge on any atom is 0.299 e. The number of benzene rings is 1. The molecule has 1 heterocycles. The Morgan fingerprint density at radius 1 is 1.13 bits per heavy atom. The van der Waals surface area contributed by atoms with Crippen LogP contribution in [-0.2, 0) is 4.79 Å². The molecular formula is C11H7FO2S. The van der Waals surface area contributed by atoms with Gasteiger partial charge in [-0.1, -0.05) is 23.5 Å². The minimum atomic E-state index is -0.264. The Labute approximate surface area is 89.9 Å². The Hall–Kier alpha value is -1.68. The molecule has 0 fully saturated rings. The number of ether oxygens (including phenoxy) is 1. The van der Waals surface area contributed by atoms with Crippen molar-refractivity contribution in [3.05, 3.63) is 42.2 Å². The van der Waals surface area contributed by atoms with Crippen LogP contribution in [-0.4, -0.2) is 6.47 Å². The van der Waals surface area contributed by atoms with Gasteiger partial charge in [-0.2, -0.15) is 0 Å². The summed E-state index contributed by atoms with van der Waals surface area (Å²) in [6, 6.07) is 9.71. The Bertz CT molecular complexity index is 462. The topological polar surface area (TPSA) is 26.3 Å². The summed E-state index contributed by atoms with van der Waals surface area (Å²) in [7, 11) is 0. The van der Waals surface area contributed by atoms with Gasteiger partial charge < -0.3 is 4.74 Å².